The van der Waals surface area contributed by atoms with Gasteiger partial charge in [-0.15, -0.1) is 0 Å². The molecule has 0 bridgehead atoms. The Bertz CT molecular complexity index is 318. The van der Waals surface area contributed by atoms with Crippen molar-refractivity contribution in [1.82, 2.24) is 5.32 Å². The van der Waals surface area contributed by atoms with Crippen molar-refractivity contribution in [2.75, 3.05) is 6.61 Å². The maximum Gasteiger partial charge on any atom is 0.436 e. The van der Waals surface area contributed by atoms with Crippen LogP contribution in [0.2, 0.25) is 0 Å². The van der Waals surface area contributed by atoms with Crippen LogP contribution in [-0.2, 0) is 4.74 Å². The molecule has 2 N–H and O–H groups in total. The van der Waals surface area contributed by atoms with E-state index in [0.717, 1.165) is 0 Å². The van der Waals surface area contributed by atoms with Crippen LogP contribution in [0.4, 0.5) is 13.2 Å². The fourth-order valence-electron chi connectivity index (χ4n) is 2.18. The monoisotopic (exact) mass is 238 g/mol. The fourth-order valence-corrected chi connectivity index (χ4v) is 2.18. The average molecular weight is 238 g/mol. The largest absolute Gasteiger partial charge is 0.436 e. The summed E-state index contributed by atoms with van der Waals surface area (Å²) in [6.07, 6.45) is -4.91. The van der Waals surface area contributed by atoms with Crippen LogP contribution in [0.25, 0.3) is 0 Å². The Kier molecular flexibility index (Phi) is 2.62. The molecule has 0 spiro atoms. The number of amidine groups is 1. The third-order valence-electron chi connectivity index (χ3n) is 2.95. The second-order valence-corrected chi connectivity index (χ2v) is 4.11. The normalized spacial score (nSPS) is 39.7. The van der Waals surface area contributed by atoms with Gasteiger partial charge in [-0.05, 0) is 19.8 Å². The summed E-state index contributed by atoms with van der Waals surface area (Å²) in [7, 11) is 0. The molecule has 2 rings (SSSR count). The Hall–Kier alpha value is -0.820. The summed E-state index contributed by atoms with van der Waals surface area (Å²) in [5.74, 6) is -1.03. The summed E-state index contributed by atoms with van der Waals surface area (Å²) >= 11 is 0. The Morgan fingerprint density at radius 1 is 1.56 bits per heavy atom. The van der Waals surface area contributed by atoms with E-state index in [0.29, 0.717) is 13.0 Å². The predicted octanol–water partition coefficient (Wildman–Crippen LogP) is 1.01. The molecule has 1 saturated heterocycles. The molecular formula is C9H13F3N2O2. The number of rotatable bonds is 0. The van der Waals surface area contributed by atoms with Gasteiger partial charge in [0.2, 0.25) is 5.72 Å². The number of aliphatic hydroxyl groups is 1. The topological polar surface area (TPSA) is 53.9 Å². The summed E-state index contributed by atoms with van der Waals surface area (Å²) in [5, 5.41) is 11.8. The maximum atomic E-state index is 12.8. The van der Waals surface area contributed by atoms with Gasteiger partial charge in [-0.3, -0.25) is 0 Å². The zero-order valence-corrected chi connectivity index (χ0v) is 8.71. The Balaban J connectivity index is 2.35. The first-order chi connectivity index (χ1) is 7.34. The SMILES string of the molecule is CC1=NC2OCCCC2C(O)(C(F)(F)F)N1. The molecule has 1 fully saturated rings. The van der Waals surface area contributed by atoms with E-state index < -0.39 is 24.0 Å². The van der Waals surface area contributed by atoms with Gasteiger partial charge >= 0.3 is 6.18 Å². The Morgan fingerprint density at radius 2 is 2.25 bits per heavy atom. The van der Waals surface area contributed by atoms with E-state index in [1.807, 2.05) is 5.32 Å². The Morgan fingerprint density at radius 3 is 2.88 bits per heavy atom. The highest BCUT2D eigenvalue weighted by Crippen LogP contribution is 2.42. The van der Waals surface area contributed by atoms with Gasteiger partial charge in [-0.1, -0.05) is 0 Å². The summed E-state index contributed by atoms with van der Waals surface area (Å²) in [6, 6.07) is 0. The van der Waals surface area contributed by atoms with Crippen LogP contribution in [0.1, 0.15) is 19.8 Å². The van der Waals surface area contributed by atoms with Crippen LogP contribution in [-0.4, -0.2) is 35.7 Å². The zero-order chi connectivity index (χ0) is 12.0. The molecule has 4 nitrogen and oxygen atoms in total. The molecule has 2 aliphatic heterocycles. The van der Waals surface area contributed by atoms with Crippen molar-refractivity contribution in [1.29, 1.82) is 0 Å². The summed E-state index contributed by atoms with van der Waals surface area (Å²) in [4.78, 5) is 3.94. The standard InChI is InChI=1S/C9H13F3N2O2/c1-5-13-7-6(3-2-4-16-7)8(15,14-5)9(10,11)12/h6-7,15H,2-4H2,1H3,(H,13,14). The number of hydrogen-bond donors (Lipinski definition) is 2. The van der Waals surface area contributed by atoms with Gasteiger partial charge in [0.25, 0.3) is 0 Å². The van der Waals surface area contributed by atoms with Crippen LogP contribution in [0.15, 0.2) is 4.99 Å². The van der Waals surface area contributed by atoms with Gasteiger partial charge in [0.15, 0.2) is 6.23 Å². The van der Waals surface area contributed by atoms with E-state index in [2.05, 4.69) is 4.99 Å². The van der Waals surface area contributed by atoms with Crippen molar-refractivity contribution < 1.29 is 23.0 Å². The van der Waals surface area contributed by atoms with Crippen molar-refractivity contribution >= 4 is 5.84 Å². The summed E-state index contributed by atoms with van der Waals surface area (Å²) < 4.78 is 43.7. The lowest BCUT2D eigenvalue weighted by molar-refractivity contribution is -0.305. The number of nitrogens with one attached hydrogen (secondary N) is 1. The maximum absolute atomic E-state index is 12.8. The second-order valence-electron chi connectivity index (χ2n) is 4.11. The summed E-state index contributed by atoms with van der Waals surface area (Å²) in [5.41, 5.74) is -2.93. The van der Waals surface area contributed by atoms with Crippen molar-refractivity contribution in [3.05, 3.63) is 0 Å². The molecule has 0 radical (unpaired) electrons. The van der Waals surface area contributed by atoms with E-state index in [4.69, 9.17) is 4.74 Å². The first-order valence-corrected chi connectivity index (χ1v) is 5.08. The lowest BCUT2D eigenvalue weighted by Crippen LogP contribution is -2.68. The molecule has 92 valence electrons. The van der Waals surface area contributed by atoms with E-state index in [1.165, 1.54) is 6.92 Å². The average Bonchev–Trinajstić information content (AvgIpc) is 2.15. The highest BCUT2D eigenvalue weighted by molar-refractivity contribution is 5.81. The molecule has 3 unspecified atom stereocenters. The van der Waals surface area contributed by atoms with E-state index in [9.17, 15) is 18.3 Å². The molecule has 0 aromatic heterocycles. The van der Waals surface area contributed by atoms with Gasteiger partial charge in [-0.2, -0.15) is 13.2 Å². The highest BCUT2D eigenvalue weighted by atomic mass is 19.4. The van der Waals surface area contributed by atoms with Crippen molar-refractivity contribution in [3.63, 3.8) is 0 Å². The van der Waals surface area contributed by atoms with E-state index in [1.54, 1.807) is 0 Å². The van der Waals surface area contributed by atoms with Crippen molar-refractivity contribution in [2.45, 2.75) is 37.9 Å². The van der Waals surface area contributed by atoms with Crippen LogP contribution in [0, 0.1) is 5.92 Å². The molecule has 0 aromatic carbocycles. The number of halogens is 3. The molecule has 3 atom stereocenters. The van der Waals surface area contributed by atoms with Gasteiger partial charge < -0.3 is 15.2 Å². The molecule has 0 saturated carbocycles. The molecule has 7 heteroatoms. The number of hydrogen-bond acceptors (Lipinski definition) is 4. The third-order valence-corrected chi connectivity index (χ3v) is 2.95. The van der Waals surface area contributed by atoms with Gasteiger partial charge in [-0.25, -0.2) is 4.99 Å². The highest BCUT2D eigenvalue weighted by Gasteiger charge is 2.63. The molecule has 2 heterocycles. The quantitative estimate of drug-likeness (QED) is 0.662. The Labute approximate surface area is 90.5 Å². The van der Waals surface area contributed by atoms with Crippen LogP contribution >= 0.6 is 0 Å². The lowest BCUT2D eigenvalue weighted by atomic mass is 9.86. The molecule has 0 aromatic rings. The molecule has 2 aliphatic rings. The van der Waals surface area contributed by atoms with Crippen LogP contribution in [0.3, 0.4) is 0 Å². The molecule has 0 amide bonds. The number of fused-ring (bicyclic) bond motifs is 1. The number of ether oxygens (including phenoxy) is 1. The third kappa shape index (κ3) is 1.67. The fraction of sp³-hybridized carbons (Fsp3) is 0.889. The minimum Gasteiger partial charge on any atom is -0.363 e. The predicted molar refractivity (Wildman–Crippen MR) is 49.7 cm³/mol. The molecular weight excluding hydrogens is 225 g/mol. The van der Waals surface area contributed by atoms with Crippen molar-refractivity contribution in [2.24, 2.45) is 10.9 Å². The van der Waals surface area contributed by atoms with Crippen LogP contribution < -0.4 is 5.32 Å². The van der Waals surface area contributed by atoms with Gasteiger partial charge in [0.1, 0.15) is 0 Å². The first-order valence-electron chi connectivity index (χ1n) is 5.08. The first kappa shape index (κ1) is 11.7. The number of alkyl halides is 3. The van der Waals surface area contributed by atoms with Gasteiger partial charge in [0, 0.05) is 6.61 Å². The van der Waals surface area contributed by atoms with E-state index >= 15 is 0 Å². The lowest BCUT2D eigenvalue weighted by Gasteiger charge is -2.45. The van der Waals surface area contributed by atoms with Gasteiger partial charge in [0.05, 0.1) is 11.8 Å². The smallest absolute Gasteiger partial charge is 0.363 e. The van der Waals surface area contributed by atoms with Crippen LogP contribution in [0.5, 0.6) is 0 Å². The minimum absolute atomic E-state index is 0.0444. The van der Waals surface area contributed by atoms with Crippen molar-refractivity contribution in [3.8, 4) is 0 Å². The number of aliphatic imine (C=N–C) groups is 1. The summed E-state index contributed by atoms with van der Waals surface area (Å²) in [6.45, 7) is 1.76. The zero-order valence-electron chi connectivity index (χ0n) is 8.71. The molecule has 0 aliphatic carbocycles. The molecule has 16 heavy (non-hydrogen) atoms. The second kappa shape index (κ2) is 3.59. The van der Waals surface area contributed by atoms with E-state index in [-0.39, 0.29) is 12.3 Å². The minimum atomic E-state index is -4.74. The number of nitrogens with zero attached hydrogens (tertiary/aromatic N) is 1.